The largest absolute Gasteiger partial charge is 0.352 e. The van der Waals surface area contributed by atoms with Crippen LogP contribution in [0.3, 0.4) is 0 Å². The number of carbonyl (C=O) groups is 2. The molecule has 2 aliphatic heterocycles. The van der Waals surface area contributed by atoms with Crippen molar-refractivity contribution in [2.45, 2.75) is 38.8 Å². The Labute approximate surface area is 160 Å². The molecule has 0 spiro atoms. The van der Waals surface area contributed by atoms with Gasteiger partial charge in [0.05, 0.1) is 6.26 Å². The van der Waals surface area contributed by atoms with Crippen molar-refractivity contribution in [2.75, 3.05) is 25.9 Å². The molecule has 1 N–H and O–H groups in total. The van der Waals surface area contributed by atoms with E-state index in [0.717, 1.165) is 24.1 Å². The number of amides is 2. The van der Waals surface area contributed by atoms with Crippen molar-refractivity contribution in [1.82, 2.24) is 14.5 Å². The normalized spacial score (nSPS) is 19.4. The Kier molecular flexibility index (Phi) is 6.16. The van der Waals surface area contributed by atoms with Crippen LogP contribution in [0.15, 0.2) is 24.3 Å². The lowest BCUT2D eigenvalue weighted by molar-refractivity contribution is -0.128. The summed E-state index contributed by atoms with van der Waals surface area (Å²) < 4.78 is 24.6. The van der Waals surface area contributed by atoms with Crippen molar-refractivity contribution in [3.63, 3.8) is 0 Å². The Morgan fingerprint density at radius 3 is 2.41 bits per heavy atom. The molecule has 0 aromatic heterocycles. The van der Waals surface area contributed by atoms with Gasteiger partial charge in [-0.25, -0.2) is 12.7 Å². The summed E-state index contributed by atoms with van der Waals surface area (Å²) in [4.78, 5) is 26.2. The minimum Gasteiger partial charge on any atom is -0.352 e. The van der Waals surface area contributed by atoms with Gasteiger partial charge < -0.3 is 10.2 Å². The molecule has 0 bridgehead atoms. The molecule has 7 nitrogen and oxygen atoms in total. The Morgan fingerprint density at radius 1 is 1.15 bits per heavy atom. The van der Waals surface area contributed by atoms with Gasteiger partial charge >= 0.3 is 0 Å². The number of sulfonamides is 1. The van der Waals surface area contributed by atoms with Crippen molar-refractivity contribution < 1.29 is 18.0 Å². The lowest BCUT2D eigenvalue weighted by Gasteiger charge is -2.29. The summed E-state index contributed by atoms with van der Waals surface area (Å²) in [5.41, 5.74) is 2.07. The fourth-order valence-electron chi connectivity index (χ4n) is 3.74. The summed E-state index contributed by atoms with van der Waals surface area (Å²) in [6.07, 6.45) is 3.82. The van der Waals surface area contributed by atoms with Crippen LogP contribution in [0.5, 0.6) is 0 Å². The van der Waals surface area contributed by atoms with E-state index in [1.54, 1.807) is 0 Å². The van der Waals surface area contributed by atoms with Crippen LogP contribution in [0.1, 0.15) is 36.8 Å². The molecule has 148 valence electrons. The van der Waals surface area contributed by atoms with Gasteiger partial charge in [-0.2, -0.15) is 0 Å². The quantitative estimate of drug-likeness (QED) is 0.784. The van der Waals surface area contributed by atoms with Gasteiger partial charge in [0.15, 0.2) is 0 Å². The molecule has 0 unspecified atom stereocenters. The minimum absolute atomic E-state index is 0.0322. The lowest BCUT2D eigenvalue weighted by Crippen LogP contribution is -2.42. The molecule has 2 fully saturated rings. The molecule has 0 aliphatic carbocycles. The monoisotopic (exact) mass is 393 g/mol. The molecular formula is C19H27N3O4S. The molecule has 0 atom stereocenters. The zero-order chi connectivity index (χ0) is 19.4. The van der Waals surface area contributed by atoms with E-state index in [9.17, 15) is 18.0 Å². The molecule has 2 amide bonds. The van der Waals surface area contributed by atoms with Crippen LogP contribution in [0, 0.1) is 5.92 Å². The second-order valence-electron chi connectivity index (χ2n) is 7.34. The summed E-state index contributed by atoms with van der Waals surface area (Å²) in [6, 6.07) is 7.85. The molecule has 1 aromatic rings. The molecule has 2 heterocycles. The number of carbonyl (C=O) groups excluding carboxylic acids is 2. The third-order valence-corrected chi connectivity index (χ3v) is 6.70. The molecule has 0 saturated carbocycles. The highest BCUT2D eigenvalue weighted by atomic mass is 32.2. The van der Waals surface area contributed by atoms with E-state index in [1.165, 1.54) is 10.6 Å². The van der Waals surface area contributed by atoms with Gasteiger partial charge in [0.25, 0.3) is 0 Å². The summed E-state index contributed by atoms with van der Waals surface area (Å²) in [7, 11) is -3.18. The zero-order valence-corrected chi connectivity index (χ0v) is 16.5. The number of hydrogen-bond donors (Lipinski definition) is 1. The highest BCUT2D eigenvalue weighted by Gasteiger charge is 2.29. The van der Waals surface area contributed by atoms with Crippen LogP contribution in [-0.4, -0.2) is 55.3 Å². The van der Waals surface area contributed by atoms with Crippen molar-refractivity contribution in [2.24, 2.45) is 5.92 Å². The lowest BCUT2D eigenvalue weighted by atomic mass is 9.97. The fraction of sp³-hybridized carbons (Fsp3) is 0.579. The average Bonchev–Trinajstić information content (AvgIpc) is 3.05. The predicted molar refractivity (Wildman–Crippen MR) is 102 cm³/mol. The van der Waals surface area contributed by atoms with Gasteiger partial charge in [0.1, 0.15) is 0 Å². The van der Waals surface area contributed by atoms with Crippen LogP contribution < -0.4 is 5.32 Å². The maximum absolute atomic E-state index is 12.5. The topological polar surface area (TPSA) is 86.8 Å². The van der Waals surface area contributed by atoms with Gasteiger partial charge in [-0.3, -0.25) is 9.59 Å². The molecular weight excluding hydrogens is 366 g/mol. The minimum atomic E-state index is -3.18. The zero-order valence-electron chi connectivity index (χ0n) is 15.7. The van der Waals surface area contributed by atoms with Crippen molar-refractivity contribution in [3.05, 3.63) is 35.4 Å². The molecule has 3 rings (SSSR count). The maximum atomic E-state index is 12.5. The van der Waals surface area contributed by atoms with E-state index < -0.39 is 10.0 Å². The smallest absolute Gasteiger partial charge is 0.223 e. The highest BCUT2D eigenvalue weighted by molar-refractivity contribution is 7.88. The van der Waals surface area contributed by atoms with Crippen molar-refractivity contribution in [1.29, 1.82) is 0 Å². The van der Waals surface area contributed by atoms with Gasteiger partial charge in [0, 0.05) is 45.1 Å². The van der Waals surface area contributed by atoms with Crippen LogP contribution in [-0.2, 0) is 32.7 Å². The Morgan fingerprint density at radius 2 is 1.81 bits per heavy atom. The molecule has 2 aliphatic rings. The van der Waals surface area contributed by atoms with E-state index in [-0.39, 0.29) is 17.7 Å². The van der Waals surface area contributed by atoms with E-state index in [0.29, 0.717) is 45.4 Å². The molecule has 27 heavy (non-hydrogen) atoms. The highest BCUT2D eigenvalue weighted by Crippen LogP contribution is 2.20. The summed E-state index contributed by atoms with van der Waals surface area (Å²) in [5.74, 6) is -0.00278. The average molecular weight is 394 g/mol. The van der Waals surface area contributed by atoms with Gasteiger partial charge in [-0.15, -0.1) is 0 Å². The standard InChI is InChI=1S/C19H27N3O4S/c1-27(25,26)22-11-8-15(9-12-22)19(24)20-13-16-5-2-3-6-17(16)14-21-10-4-7-18(21)23/h2-3,5-6,15H,4,7-14H2,1H3,(H,20,24). The third kappa shape index (κ3) is 5.07. The van der Waals surface area contributed by atoms with E-state index in [4.69, 9.17) is 0 Å². The van der Waals surface area contributed by atoms with Crippen molar-refractivity contribution in [3.8, 4) is 0 Å². The summed E-state index contributed by atoms with van der Waals surface area (Å²) >= 11 is 0. The first-order valence-electron chi connectivity index (χ1n) is 9.42. The van der Waals surface area contributed by atoms with Crippen LogP contribution in [0.4, 0.5) is 0 Å². The Balaban J connectivity index is 1.54. The molecule has 1 aromatic carbocycles. The Hall–Kier alpha value is -1.93. The first-order chi connectivity index (χ1) is 12.8. The molecule has 8 heteroatoms. The summed E-state index contributed by atoms with van der Waals surface area (Å²) in [6.45, 7) is 2.58. The summed E-state index contributed by atoms with van der Waals surface area (Å²) in [5, 5.41) is 2.99. The fourth-order valence-corrected chi connectivity index (χ4v) is 4.61. The first-order valence-corrected chi connectivity index (χ1v) is 11.3. The number of nitrogens with one attached hydrogen (secondary N) is 1. The molecule has 0 radical (unpaired) electrons. The Bertz CT molecular complexity index is 801. The van der Waals surface area contributed by atoms with E-state index >= 15 is 0 Å². The second kappa shape index (κ2) is 8.39. The van der Waals surface area contributed by atoms with E-state index in [1.807, 2.05) is 29.2 Å². The van der Waals surface area contributed by atoms with Crippen LogP contribution in [0.25, 0.3) is 0 Å². The van der Waals surface area contributed by atoms with Crippen molar-refractivity contribution >= 4 is 21.8 Å². The first kappa shape index (κ1) is 19.8. The number of nitrogens with zero attached hydrogens (tertiary/aromatic N) is 2. The number of piperidine rings is 1. The number of benzene rings is 1. The number of likely N-dealkylation sites (tertiary alicyclic amines) is 1. The second-order valence-corrected chi connectivity index (χ2v) is 9.32. The predicted octanol–water partition coefficient (Wildman–Crippen LogP) is 1.10. The molecule has 2 saturated heterocycles. The number of hydrogen-bond acceptors (Lipinski definition) is 4. The third-order valence-electron chi connectivity index (χ3n) is 5.40. The van der Waals surface area contributed by atoms with Gasteiger partial charge in [-0.1, -0.05) is 24.3 Å². The maximum Gasteiger partial charge on any atom is 0.223 e. The SMILES string of the molecule is CS(=O)(=O)N1CCC(C(=O)NCc2ccccc2CN2CCCC2=O)CC1. The number of rotatable bonds is 6. The van der Waals surface area contributed by atoms with Gasteiger partial charge in [0.2, 0.25) is 21.8 Å². The van der Waals surface area contributed by atoms with Crippen LogP contribution >= 0.6 is 0 Å². The van der Waals surface area contributed by atoms with Crippen LogP contribution in [0.2, 0.25) is 0 Å². The van der Waals surface area contributed by atoms with Gasteiger partial charge in [-0.05, 0) is 30.4 Å². The van der Waals surface area contributed by atoms with E-state index in [2.05, 4.69) is 5.32 Å².